The van der Waals surface area contributed by atoms with Crippen LogP contribution < -0.4 is 5.14 Å². The van der Waals surface area contributed by atoms with Crippen molar-refractivity contribution in [2.75, 3.05) is 6.54 Å². The highest BCUT2D eigenvalue weighted by molar-refractivity contribution is 9.10. The van der Waals surface area contributed by atoms with Crippen LogP contribution in [0.2, 0.25) is 0 Å². The van der Waals surface area contributed by atoms with Gasteiger partial charge in [0.05, 0.1) is 10.6 Å². The number of primary sulfonamides is 1. The van der Waals surface area contributed by atoms with E-state index < -0.39 is 10.0 Å². The zero-order valence-electron chi connectivity index (χ0n) is 17.1. The minimum absolute atomic E-state index is 0.0621. The first-order chi connectivity index (χ1) is 15.3. The number of halogens is 1. The molecule has 3 aromatic carbocycles. The molecule has 0 unspecified atom stereocenters. The Morgan fingerprint density at radius 1 is 0.906 bits per heavy atom. The van der Waals surface area contributed by atoms with Crippen LogP contribution in [0.3, 0.4) is 0 Å². The highest BCUT2D eigenvalue weighted by Gasteiger charge is 2.28. The first-order valence-corrected chi connectivity index (χ1v) is 12.3. The standard InChI is InChI=1S/C25H21BrN2O3S/c26-22-10-6-19(7-11-22)16-21-17-24(20-4-2-1-3-5-20)28(25(21)29)15-14-18-8-12-23(13-9-18)32(27,30)31/h1-13,16-17H,14-15H2,(H2,27,30,31)/b21-16+. The van der Waals surface area contributed by atoms with E-state index in [1.165, 1.54) is 12.1 Å². The number of hydrogen-bond donors (Lipinski definition) is 1. The second-order valence-corrected chi connectivity index (χ2v) is 9.92. The summed E-state index contributed by atoms with van der Waals surface area (Å²) >= 11 is 3.43. The van der Waals surface area contributed by atoms with Crippen LogP contribution in [-0.4, -0.2) is 25.8 Å². The lowest BCUT2D eigenvalue weighted by Crippen LogP contribution is -2.27. The summed E-state index contributed by atoms with van der Waals surface area (Å²) in [5.74, 6) is -0.0621. The average Bonchev–Trinajstić information content (AvgIpc) is 3.09. The second kappa shape index (κ2) is 9.24. The Labute approximate surface area is 196 Å². The van der Waals surface area contributed by atoms with E-state index in [0.717, 1.165) is 26.9 Å². The van der Waals surface area contributed by atoms with Gasteiger partial charge in [0, 0.05) is 16.6 Å². The van der Waals surface area contributed by atoms with E-state index in [1.807, 2.05) is 66.7 Å². The Morgan fingerprint density at radius 3 is 2.19 bits per heavy atom. The number of nitrogens with two attached hydrogens (primary N) is 1. The molecule has 5 nitrogen and oxygen atoms in total. The van der Waals surface area contributed by atoms with Gasteiger partial charge in [0.25, 0.3) is 5.91 Å². The summed E-state index contributed by atoms with van der Waals surface area (Å²) in [6.07, 6.45) is 4.38. The maximum atomic E-state index is 13.3. The zero-order valence-corrected chi connectivity index (χ0v) is 19.5. The highest BCUT2D eigenvalue weighted by atomic mass is 79.9. The molecule has 32 heavy (non-hydrogen) atoms. The van der Waals surface area contributed by atoms with Crippen molar-refractivity contribution in [1.82, 2.24) is 4.90 Å². The molecule has 1 aliphatic rings. The maximum Gasteiger partial charge on any atom is 0.258 e. The molecule has 0 saturated heterocycles. The molecular weight excluding hydrogens is 488 g/mol. The Bertz CT molecular complexity index is 1300. The summed E-state index contributed by atoms with van der Waals surface area (Å²) in [6, 6.07) is 24.0. The summed E-state index contributed by atoms with van der Waals surface area (Å²) in [4.78, 5) is 15.1. The molecular formula is C25H21BrN2O3S. The minimum atomic E-state index is -3.73. The van der Waals surface area contributed by atoms with Gasteiger partial charge in [0.2, 0.25) is 10.0 Å². The third kappa shape index (κ3) is 5.07. The fourth-order valence-electron chi connectivity index (χ4n) is 3.55. The van der Waals surface area contributed by atoms with E-state index in [1.54, 1.807) is 17.0 Å². The molecule has 1 aliphatic heterocycles. The van der Waals surface area contributed by atoms with Gasteiger partial charge in [0.1, 0.15) is 0 Å². The second-order valence-electron chi connectivity index (χ2n) is 7.44. The number of sulfonamides is 1. The predicted octanol–water partition coefficient (Wildman–Crippen LogP) is 4.61. The zero-order chi connectivity index (χ0) is 22.7. The third-order valence-electron chi connectivity index (χ3n) is 5.21. The third-order valence-corrected chi connectivity index (χ3v) is 6.67. The van der Waals surface area contributed by atoms with Crippen LogP contribution in [0.4, 0.5) is 0 Å². The van der Waals surface area contributed by atoms with Crippen LogP contribution in [-0.2, 0) is 21.2 Å². The molecule has 2 N–H and O–H groups in total. The van der Waals surface area contributed by atoms with Gasteiger partial charge in [-0.25, -0.2) is 13.6 Å². The number of hydrogen-bond acceptors (Lipinski definition) is 3. The Morgan fingerprint density at radius 2 is 1.56 bits per heavy atom. The fourth-order valence-corrected chi connectivity index (χ4v) is 4.33. The van der Waals surface area contributed by atoms with Crippen LogP contribution in [0.15, 0.2) is 99.9 Å². The van der Waals surface area contributed by atoms with E-state index in [-0.39, 0.29) is 10.8 Å². The van der Waals surface area contributed by atoms with Gasteiger partial charge in [-0.05, 0) is 59.5 Å². The summed E-state index contributed by atoms with van der Waals surface area (Å²) in [5, 5.41) is 5.17. The van der Waals surface area contributed by atoms with Gasteiger partial charge in [0.15, 0.2) is 0 Å². The van der Waals surface area contributed by atoms with Gasteiger partial charge in [-0.2, -0.15) is 0 Å². The average molecular weight is 509 g/mol. The number of carbonyl (C=O) groups excluding carboxylic acids is 1. The molecule has 1 heterocycles. The van der Waals surface area contributed by atoms with Crippen molar-refractivity contribution in [1.29, 1.82) is 0 Å². The molecule has 0 saturated carbocycles. The molecule has 0 radical (unpaired) electrons. The summed E-state index contributed by atoms with van der Waals surface area (Å²) in [7, 11) is -3.73. The molecule has 0 aromatic heterocycles. The van der Waals surface area contributed by atoms with E-state index in [0.29, 0.717) is 18.5 Å². The van der Waals surface area contributed by atoms with Crippen molar-refractivity contribution in [3.8, 4) is 0 Å². The van der Waals surface area contributed by atoms with Crippen LogP contribution in [0, 0.1) is 0 Å². The lowest BCUT2D eigenvalue weighted by Gasteiger charge is -2.21. The molecule has 162 valence electrons. The first kappa shape index (κ1) is 22.2. The fraction of sp³-hybridized carbons (Fsp3) is 0.0800. The maximum absolute atomic E-state index is 13.3. The van der Waals surface area contributed by atoms with E-state index in [4.69, 9.17) is 5.14 Å². The molecule has 0 spiro atoms. The summed E-state index contributed by atoms with van der Waals surface area (Å²) in [6.45, 7) is 0.464. The summed E-state index contributed by atoms with van der Waals surface area (Å²) in [5.41, 5.74) is 4.30. The van der Waals surface area contributed by atoms with Crippen molar-refractivity contribution in [3.05, 3.63) is 112 Å². The van der Waals surface area contributed by atoms with Gasteiger partial charge in [-0.15, -0.1) is 0 Å². The molecule has 0 fully saturated rings. The number of rotatable bonds is 6. The van der Waals surface area contributed by atoms with Gasteiger partial charge in [-0.3, -0.25) is 4.79 Å². The molecule has 4 rings (SSSR count). The van der Waals surface area contributed by atoms with Crippen LogP contribution >= 0.6 is 15.9 Å². The van der Waals surface area contributed by atoms with Crippen LogP contribution in [0.1, 0.15) is 16.7 Å². The SMILES string of the molecule is NS(=O)(=O)c1ccc(CCN2C(=O)/C(=C/c3ccc(Br)cc3)C=C2c2ccccc2)cc1. The highest BCUT2D eigenvalue weighted by Crippen LogP contribution is 2.31. The number of nitrogens with zero attached hydrogens (tertiary/aromatic N) is 1. The number of carbonyl (C=O) groups is 1. The topological polar surface area (TPSA) is 80.5 Å². The quantitative estimate of drug-likeness (QED) is 0.493. The summed E-state index contributed by atoms with van der Waals surface area (Å²) < 4.78 is 23.9. The van der Waals surface area contributed by atoms with Gasteiger partial charge >= 0.3 is 0 Å². The van der Waals surface area contributed by atoms with Crippen molar-refractivity contribution in [3.63, 3.8) is 0 Å². The first-order valence-electron chi connectivity index (χ1n) is 9.99. The monoisotopic (exact) mass is 508 g/mol. The number of amides is 1. The lowest BCUT2D eigenvalue weighted by molar-refractivity contribution is -0.122. The smallest absolute Gasteiger partial charge is 0.258 e. The Kier molecular flexibility index (Phi) is 6.41. The predicted molar refractivity (Wildman–Crippen MR) is 130 cm³/mol. The lowest BCUT2D eigenvalue weighted by atomic mass is 10.1. The molecule has 3 aromatic rings. The molecule has 7 heteroatoms. The van der Waals surface area contributed by atoms with Gasteiger partial charge in [-0.1, -0.05) is 70.5 Å². The molecule has 0 atom stereocenters. The minimum Gasteiger partial charge on any atom is -0.307 e. The molecule has 1 amide bonds. The van der Waals surface area contributed by atoms with E-state index >= 15 is 0 Å². The van der Waals surface area contributed by atoms with Crippen LogP contribution in [0.25, 0.3) is 11.8 Å². The Balaban J connectivity index is 1.60. The largest absolute Gasteiger partial charge is 0.307 e. The normalized spacial score (nSPS) is 15.3. The Hall–Kier alpha value is -3.00. The number of benzene rings is 3. The van der Waals surface area contributed by atoms with E-state index in [2.05, 4.69) is 15.9 Å². The van der Waals surface area contributed by atoms with Crippen molar-refractivity contribution in [2.45, 2.75) is 11.3 Å². The van der Waals surface area contributed by atoms with E-state index in [9.17, 15) is 13.2 Å². The van der Waals surface area contributed by atoms with Crippen molar-refractivity contribution < 1.29 is 13.2 Å². The van der Waals surface area contributed by atoms with Crippen molar-refractivity contribution in [2.24, 2.45) is 5.14 Å². The molecule has 0 aliphatic carbocycles. The molecule has 0 bridgehead atoms. The van der Waals surface area contributed by atoms with Crippen LogP contribution in [0.5, 0.6) is 0 Å². The van der Waals surface area contributed by atoms with Gasteiger partial charge < -0.3 is 4.90 Å². The van der Waals surface area contributed by atoms with Crippen molar-refractivity contribution >= 4 is 43.6 Å².